The maximum Gasteiger partial charge on any atom is -0.0257 e. The van der Waals surface area contributed by atoms with Crippen molar-refractivity contribution in [3.05, 3.63) is 0 Å². The first-order valence-corrected chi connectivity index (χ1v) is 32.0. The van der Waals surface area contributed by atoms with Gasteiger partial charge in [0.2, 0.25) is 0 Å². The summed E-state index contributed by atoms with van der Waals surface area (Å²) in [6.07, 6.45) is 26.6. The van der Waals surface area contributed by atoms with E-state index in [0.717, 1.165) is 65.1 Å². The van der Waals surface area contributed by atoms with Crippen LogP contribution in [0.25, 0.3) is 0 Å². The third kappa shape index (κ3) is 36.2. The van der Waals surface area contributed by atoms with Crippen LogP contribution in [-0.4, -0.2) is 0 Å². The Morgan fingerprint density at radius 1 is 0.347 bits per heavy atom. The third-order valence-corrected chi connectivity index (χ3v) is 21.4. The van der Waals surface area contributed by atoms with Crippen molar-refractivity contribution in [2.24, 2.45) is 108 Å². The Morgan fingerprint density at radius 3 is 0.792 bits per heavy atom. The average Bonchev–Trinajstić information content (AvgIpc) is 3.22. The lowest BCUT2D eigenvalue weighted by atomic mass is 9.56. The second kappa shape index (κ2) is 35.5. The predicted octanol–water partition coefficient (Wildman–Crippen LogP) is 26.3. The lowest BCUT2D eigenvalue weighted by Crippen LogP contribution is -2.41. The van der Waals surface area contributed by atoms with Crippen LogP contribution >= 0.6 is 0 Å². The fraction of sp³-hybridized carbons (Fsp3) is 1.00. The second-order valence-electron chi connectivity index (χ2n) is 34.0. The van der Waals surface area contributed by atoms with E-state index in [1.165, 1.54) is 116 Å². The molecule has 4 saturated carbocycles. The minimum absolute atomic E-state index is 0.375. The molecule has 0 bridgehead atoms. The van der Waals surface area contributed by atoms with E-state index in [1.54, 1.807) is 0 Å². The molecule has 0 aromatic carbocycles. The second-order valence-corrected chi connectivity index (χ2v) is 34.0. The van der Waals surface area contributed by atoms with Gasteiger partial charge in [-0.15, -0.1) is 0 Å². The monoisotopic (exact) mass is 1020 g/mol. The van der Waals surface area contributed by atoms with E-state index in [1.807, 2.05) is 0 Å². The van der Waals surface area contributed by atoms with Gasteiger partial charge in [-0.05, 0) is 115 Å². The average molecular weight is 1020 g/mol. The zero-order valence-electron chi connectivity index (χ0n) is 58.1. The molecule has 0 heterocycles. The van der Waals surface area contributed by atoms with Gasteiger partial charge in [-0.1, -0.05) is 351 Å². The fourth-order valence-corrected chi connectivity index (χ4v) is 10.6. The van der Waals surface area contributed by atoms with Gasteiger partial charge >= 0.3 is 0 Å². The maximum absolute atomic E-state index is 2.38. The molecule has 0 saturated heterocycles. The van der Waals surface area contributed by atoms with E-state index < -0.39 is 0 Å². The van der Waals surface area contributed by atoms with Gasteiger partial charge in [0.05, 0.1) is 0 Å². The summed E-state index contributed by atoms with van der Waals surface area (Å²) in [5.74, 6) is 10.3. The van der Waals surface area contributed by atoms with Crippen LogP contribution in [0.4, 0.5) is 0 Å². The van der Waals surface area contributed by atoms with E-state index in [9.17, 15) is 0 Å². The van der Waals surface area contributed by atoms with Crippen LogP contribution in [0.5, 0.6) is 0 Å². The molecule has 4 fully saturated rings. The highest BCUT2D eigenvalue weighted by Crippen LogP contribution is 2.50. The summed E-state index contributed by atoms with van der Waals surface area (Å²) in [5, 5.41) is 0. The van der Waals surface area contributed by atoms with Gasteiger partial charge in [-0.25, -0.2) is 0 Å². The molecule has 4 rings (SSSR count). The van der Waals surface area contributed by atoms with Gasteiger partial charge in [0, 0.05) is 0 Å². The molecule has 0 radical (unpaired) electrons. The molecule has 0 nitrogen and oxygen atoms in total. The van der Waals surface area contributed by atoms with Crippen LogP contribution in [0, 0.1) is 108 Å². The minimum atomic E-state index is 0.375. The highest BCUT2D eigenvalue weighted by Gasteiger charge is 2.42. The van der Waals surface area contributed by atoms with Crippen LogP contribution in [0.1, 0.15) is 358 Å². The molecule has 5 atom stereocenters. The Bertz CT molecular complexity index is 1170. The summed E-state index contributed by atoms with van der Waals surface area (Å²) in [5.41, 5.74) is 3.36. The van der Waals surface area contributed by atoms with E-state index >= 15 is 0 Å². The van der Waals surface area contributed by atoms with Crippen LogP contribution < -0.4 is 0 Å². The molecule has 0 aliphatic heterocycles. The molecule has 0 aromatic heterocycles. The smallest absolute Gasteiger partial charge is 0.0257 e. The largest absolute Gasteiger partial charge is 0.0651 e. The molecule has 440 valence electrons. The summed E-state index contributed by atoms with van der Waals surface area (Å²) < 4.78 is 0. The first kappa shape index (κ1) is 78.5. The minimum Gasteiger partial charge on any atom is -0.0651 e. The van der Waals surface area contributed by atoms with Crippen molar-refractivity contribution in [1.29, 1.82) is 0 Å². The number of hydrogen-bond acceptors (Lipinski definition) is 0. The first-order valence-electron chi connectivity index (χ1n) is 32.0. The third-order valence-electron chi connectivity index (χ3n) is 21.4. The molecule has 0 spiro atoms. The zero-order chi connectivity index (χ0) is 58.1. The topological polar surface area (TPSA) is 0 Å². The van der Waals surface area contributed by atoms with E-state index in [0.29, 0.717) is 43.3 Å². The van der Waals surface area contributed by atoms with Crippen molar-refractivity contribution >= 4 is 0 Å². The molecule has 4 aliphatic rings. The Kier molecular flexibility index (Phi) is 38.7. The van der Waals surface area contributed by atoms with Crippen molar-refractivity contribution in [3.8, 4) is 0 Å². The molecular formula is C72H152. The number of rotatable bonds is 3. The SMILES string of the molecule is CC(C(C)(C)C)C(C)(C)C.CC(C)(C)C(C)(C)C(C)(C)C.CC(C)C(C)(C)C(C)(C)C.CC(C)[C@@H](C)C(C)(C)C.CC1CCC(C)CC1.CC1CCCC[C@H]1C.CC1CCC[C@@H](C)C1.CCC1CCCCC1. The Hall–Kier alpha value is 0. The van der Waals surface area contributed by atoms with Crippen LogP contribution in [0.2, 0.25) is 0 Å². The van der Waals surface area contributed by atoms with E-state index in [2.05, 4.69) is 242 Å². The number of hydrogen-bond donors (Lipinski definition) is 0. The van der Waals surface area contributed by atoms with Crippen LogP contribution in [-0.2, 0) is 0 Å². The fourth-order valence-electron chi connectivity index (χ4n) is 10.6. The van der Waals surface area contributed by atoms with Gasteiger partial charge in [-0.2, -0.15) is 0 Å². The van der Waals surface area contributed by atoms with Gasteiger partial charge in [0.15, 0.2) is 0 Å². The summed E-state index contributed by atoms with van der Waals surface area (Å²) in [7, 11) is 0. The van der Waals surface area contributed by atoms with Gasteiger partial charge in [0.1, 0.15) is 0 Å². The Labute approximate surface area is 464 Å². The molecule has 0 N–H and O–H groups in total. The standard InChI is InChI=1S/C11H24.2C10H22.C9H20.4C8H16/c1-9(2,3)11(7,8)10(4,5)6;1-8(9(2,3)4)10(5,6)7;1-8(2)10(6,7)9(3,4)5;1-7(2)8(3)9(4,5)6;1-7-3-5-8(2)6-4-7;1-7-4-3-5-8(2)6-7;1-7-5-3-4-6-8(7)2;1-2-8-6-4-3-5-7-8/h1-8H3;2*8H,1-7H3;7-8H,1-6H3;3*7-8H,3-6H2,1-2H3;8H,2-7H2,1H3/t;;;8-;;2*7-,8?;/m...1.11./s1. The zero-order valence-corrected chi connectivity index (χ0v) is 58.1. The van der Waals surface area contributed by atoms with Crippen molar-refractivity contribution in [3.63, 3.8) is 0 Å². The van der Waals surface area contributed by atoms with Gasteiger partial charge < -0.3 is 0 Å². The van der Waals surface area contributed by atoms with Crippen molar-refractivity contribution < 1.29 is 0 Å². The quantitative estimate of drug-likeness (QED) is 0.264. The lowest BCUT2D eigenvalue weighted by molar-refractivity contribution is 0.00575. The summed E-state index contributed by atoms with van der Waals surface area (Å²) in [4.78, 5) is 0. The summed E-state index contributed by atoms with van der Waals surface area (Å²) in [6.45, 7) is 81.4. The van der Waals surface area contributed by atoms with Crippen LogP contribution in [0.15, 0.2) is 0 Å². The summed E-state index contributed by atoms with van der Waals surface area (Å²) in [6, 6.07) is 0. The summed E-state index contributed by atoms with van der Waals surface area (Å²) >= 11 is 0. The van der Waals surface area contributed by atoms with Gasteiger partial charge in [0.25, 0.3) is 0 Å². The first-order chi connectivity index (χ1) is 32.0. The lowest BCUT2D eigenvalue weighted by Gasteiger charge is -2.49. The van der Waals surface area contributed by atoms with E-state index in [4.69, 9.17) is 0 Å². The molecule has 4 aliphatic carbocycles. The van der Waals surface area contributed by atoms with Gasteiger partial charge in [-0.3, -0.25) is 0 Å². The molecule has 0 heteroatoms. The van der Waals surface area contributed by atoms with Crippen molar-refractivity contribution in [2.75, 3.05) is 0 Å². The predicted molar refractivity (Wildman–Crippen MR) is 340 cm³/mol. The van der Waals surface area contributed by atoms with E-state index in [-0.39, 0.29) is 0 Å². The molecule has 2 unspecified atom stereocenters. The highest BCUT2D eigenvalue weighted by atomic mass is 14.5. The van der Waals surface area contributed by atoms with Crippen LogP contribution in [0.3, 0.4) is 0 Å². The molecular weight excluding hydrogens is 865 g/mol. The van der Waals surface area contributed by atoms with Crippen molar-refractivity contribution in [1.82, 2.24) is 0 Å². The molecule has 0 aromatic rings. The molecule has 72 heavy (non-hydrogen) atoms. The highest BCUT2D eigenvalue weighted by molar-refractivity contribution is 4.91. The van der Waals surface area contributed by atoms with Crippen molar-refractivity contribution in [2.45, 2.75) is 358 Å². The maximum atomic E-state index is 2.38. The molecule has 0 amide bonds. The normalized spacial score (nSPS) is 24.2. The Morgan fingerprint density at radius 2 is 0.667 bits per heavy atom. The Balaban J connectivity index is -0.000000368.